The van der Waals surface area contributed by atoms with Crippen LogP contribution in [0.1, 0.15) is 11.1 Å². The molecule has 0 saturated carbocycles. The Labute approximate surface area is 113 Å². The third-order valence-electron chi connectivity index (χ3n) is 2.63. The standard InChI is InChI=1S/C12H12BrNO2S/c1-7-3-9(13)4-8(2)12(7)14-10(15)5-17-6-11(14)16/h3-4H,5-6H2,1-2H3. The second kappa shape index (κ2) is 4.82. The van der Waals surface area contributed by atoms with Gasteiger partial charge in [-0.25, -0.2) is 4.90 Å². The van der Waals surface area contributed by atoms with Crippen molar-refractivity contribution in [2.45, 2.75) is 13.8 Å². The average Bonchev–Trinajstić information content (AvgIpc) is 2.21. The van der Waals surface area contributed by atoms with E-state index in [1.807, 2.05) is 26.0 Å². The summed E-state index contributed by atoms with van der Waals surface area (Å²) in [4.78, 5) is 25.1. The van der Waals surface area contributed by atoms with E-state index in [2.05, 4.69) is 15.9 Å². The number of halogens is 1. The number of rotatable bonds is 1. The Morgan fingerprint density at radius 1 is 1.12 bits per heavy atom. The fourth-order valence-electron chi connectivity index (χ4n) is 2.00. The van der Waals surface area contributed by atoms with E-state index < -0.39 is 0 Å². The molecule has 0 bridgehead atoms. The number of anilines is 1. The summed E-state index contributed by atoms with van der Waals surface area (Å²) in [5.74, 6) is 0.501. The van der Waals surface area contributed by atoms with Crippen molar-refractivity contribution in [3.05, 3.63) is 27.7 Å². The second-order valence-electron chi connectivity index (χ2n) is 4.00. The molecule has 0 N–H and O–H groups in total. The van der Waals surface area contributed by atoms with Gasteiger partial charge >= 0.3 is 0 Å². The van der Waals surface area contributed by atoms with Crippen molar-refractivity contribution < 1.29 is 9.59 Å². The number of carbonyl (C=O) groups excluding carboxylic acids is 2. The first-order chi connectivity index (χ1) is 8.00. The molecule has 0 spiro atoms. The molecular formula is C12H12BrNO2S. The van der Waals surface area contributed by atoms with E-state index in [9.17, 15) is 9.59 Å². The maximum absolute atomic E-state index is 11.9. The van der Waals surface area contributed by atoms with Gasteiger partial charge in [0, 0.05) is 4.47 Å². The third kappa shape index (κ3) is 2.40. The van der Waals surface area contributed by atoms with Crippen LogP contribution in [0.2, 0.25) is 0 Å². The van der Waals surface area contributed by atoms with Gasteiger partial charge in [0.2, 0.25) is 11.8 Å². The molecule has 0 unspecified atom stereocenters. The summed E-state index contributed by atoms with van der Waals surface area (Å²) in [6, 6.07) is 3.84. The molecule has 0 aliphatic carbocycles. The number of imide groups is 1. The number of benzene rings is 1. The Balaban J connectivity index is 2.52. The van der Waals surface area contributed by atoms with E-state index >= 15 is 0 Å². The molecule has 1 aliphatic heterocycles. The van der Waals surface area contributed by atoms with Crippen LogP contribution in [0.15, 0.2) is 16.6 Å². The fraction of sp³-hybridized carbons (Fsp3) is 0.333. The molecule has 1 aliphatic rings. The van der Waals surface area contributed by atoms with Crippen LogP contribution in [0.5, 0.6) is 0 Å². The van der Waals surface area contributed by atoms with E-state index in [1.54, 1.807) is 0 Å². The first kappa shape index (κ1) is 12.6. The highest BCUT2D eigenvalue weighted by Crippen LogP contribution is 2.31. The quantitative estimate of drug-likeness (QED) is 0.748. The lowest BCUT2D eigenvalue weighted by Gasteiger charge is -2.27. The Kier molecular flexibility index (Phi) is 3.58. The minimum absolute atomic E-state index is 0.125. The number of hydrogen-bond acceptors (Lipinski definition) is 3. The Bertz CT molecular complexity index is 462. The van der Waals surface area contributed by atoms with E-state index in [0.717, 1.165) is 21.3 Å². The molecule has 1 aromatic carbocycles. The summed E-state index contributed by atoms with van der Waals surface area (Å²) < 4.78 is 0.961. The zero-order valence-corrected chi connectivity index (χ0v) is 12.0. The van der Waals surface area contributed by atoms with Gasteiger partial charge in [-0.2, -0.15) is 0 Å². The van der Waals surface area contributed by atoms with E-state index in [4.69, 9.17) is 0 Å². The van der Waals surface area contributed by atoms with Crippen LogP contribution in [0.3, 0.4) is 0 Å². The molecule has 2 rings (SSSR count). The van der Waals surface area contributed by atoms with Crippen LogP contribution in [0, 0.1) is 13.8 Å². The van der Waals surface area contributed by atoms with E-state index in [1.165, 1.54) is 16.7 Å². The van der Waals surface area contributed by atoms with Crippen molar-refractivity contribution in [3.63, 3.8) is 0 Å². The molecule has 2 amide bonds. The second-order valence-corrected chi connectivity index (χ2v) is 5.91. The predicted molar refractivity (Wildman–Crippen MR) is 73.4 cm³/mol. The topological polar surface area (TPSA) is 37.4 Å². The monoisotopic (exact) mass is 313 g/mol. The maximum atomic E-state index is 11.9. The van der Waals surface area contributed by atoms with E-state index in [-0.39, 0.29) is 11.8 Å². The highest BCUT2D eigenvalue weighted by molar-refractivity contribution is 9.10. The number of aryl methyl sites for hydroxylation is 2. The molecular weight excluding hydrogens is 302 g/mol. The zero-order valence-electron chi connectivity index (χ0n) is 9.62. The Hall–Kier alpha value is -0.810. The minimum Gasteiger partial charge on any atom is -0.273 e. The first-order valence-corrected chi connectivity index (χ1v) is 7.15. The number of nitrogens with zero attached hydrogens (tertiary/aromatic N) is 1. The summed E-state index contributed by atoms with van der Waals surface area (Å²) >= 11 is 4.78. The molecule has 1 heterocycles. The lowest BCUT2D eigenvalue weighted by atomic mass is 10.1. The van der Waals surface area contributed by atoms with Crippen LogP contribution in [-0.2, 0) is 9.59 Å². The molecule has 5 heteroatoms. The maximum Gasteiger partial charge on any atom is 0.243 e. The molecule has 0 atom stereocenters. The van der Waals surface area contributed by atoms with Gasteiger partial charge in [0.05, 0.1) is 17.2 Å². The molecule has 1 saturated heterocycles. The summed E-state index contributed by atoms with van der Waals surface area (Å²) in [5.41, 5.74) is 2.61. The minimum atomic E-state index is -0.125. The smallest absolute Gasteiger partial charge is 0.243 e. The van der Waals surface area contributed by atoms with Crippen molar-refractivity contribution in [3.8, 4) is 0 Å². The summed E-state index contributed by atoms with van der Waals surface area (Å²) in [6.07, 6.45) is 0. The van der Waals surface area contributed by atoms with Gasteiger partial charge < -0.3 is 0 Å². The van der Waals surface area contributed by atoms with Crippen molar-refractivity contribution in [1.29, 1.82) is 0 Å². The number of carbonyl (C=O) groups is 2. The number of hydrogen-bond donors (Lipinski definition) is 0. The molecule has 17 heavy (non-hydrogen) atoms. The van der Waals surface area contributed by atoms with Crippen LogP contribution >= 0.6 is 27.7 Å². The van der Waals surface area contributed by atoms with Gasteiger partial charge in [0.1, 0.15) is 0 Å². The van der Waals surface area contributed by atoms with Crippen LogP contribution < -0.4 is 4.90 Å². The van der Waals surface area contributed by atoms with Crippen molar-refractivity contribution in [2.24, 2.45) is 0 Å². The molecule has 3 nitrogen and oxygen atoms in total. The SMILES string of the molecule is Cc1cc(Br)cc(C)c1N1C(=O)CSCC1=O. The lowest BCUT2D eigenvalue weighted by Crippen LogP contribution is -2.43. The third-order valence-corrected chi connectivity index (χ3v) is 3.99. The average molecular weight is 314 g/mol. The summed E-state index contributed by atoms with van der Waals surface area (Å²) in [5, 5.41) is 0. The molecule has 1 aromatic rings. The molecule has 90 valence electrons. The van der Waals surface area contributed by atoms with Gasteiger partial charge in [-0.3, -0.25) is 9.59 Å². The molecule has 0 radical (unpaired) electrons. The first-order valence-electron chi connectivity index (χ1n) is 5.21. The Morgan fingerprint density at radius 3 is 2.06 bits per heavy atom. The normalized spacial score (nSPS) is 16.5. The van der Waals surface area contributed by atoms with Gasteiger partial charge in [-0.05, 0) is 37.1 Å². The van der Waals surface area contributed by atoms with Gasteiger partial charge in [-0.15, -0.1) is 11.8 Å². The van der Waals surface area contributed by atoms with Crippen molar-refractivity contribution in [2.75, 3.05) is 16.4 Å². The van der Waals surface area contributed by atoms with E-state index in [0.29, 0.717) is 11.5 Å². The van der Waals surface area contributed by atoms with Gasteiger partial charge in [0.15, 0.2) is 0 Å². The van der Waals surface area contributed by atoms with Gasteiger partial charge in [0.25, 0.3) is 0 Å². The Morgan fingerprint density at radius 2 is 1.59 bits per heavy atom. The highest BCUT2D eigenvalue weighted by Gasteiger charge is 2.29. The fourth-order valence-corrected chi connectivity index (χ4v) is 3.40. The van der Waals surface area contributed by atoms with Gasteiger partial charge in [-0.1, -0.05) is 15.9 Å². The van der Waals surface area contributed by atoms with Crippen LogP contribution in [0.25, 0.3) is 0 Å². The molecule has 1 fully saturated rings. The summed E-state index contributed by atoms with van der Waals surface area (Å²) in [7, 11) is 0. The largest absolute Gasteiger partial charge is 0.273 e. The summed E-state index contributed by atoms with van der Waals surface area (Å²) in [6.45, 7) is 3.82. The van der Waals surface area contributed by atoms with Crippen LogP contribution in [0.4, 0.5) is 5.69 Å². The number of thioether (sulfide) groups is 1. The lowest BCUT2D eigenvalue weighted by molar-refractivity contribution is -0.124. The zero-order chi connectivity index (χ0) is 12.6. The predicted octanol–water partition coefficient (Wildman–Crippen LogP) is 2.67. The van der Waals surface area contributed by atoms with Crippen molar-refractivity contribution in [1.82, 2.24) is 0 Å². The van der Waals surface area contributed by atoms with Crippen LogP contribution in [-0.4, -0.2) is 23.3 Å². The molecule has 0 aromatic heterocycles. The van der Waals surface area contributed by atoms with Crippen molar-refractivity contribution >= 4 is 45.2 Å². The number of amides is 2. The highest BCUT2D eigenvalue weighted by atomic mass is 79.9.